The van der Waals surface area contributed by atoms with E-state index in [2.05, 4.69) is 4.98 Å². The Morgan fingerprint density at radius 2 is 2.28 bits per heavy atom. The third-order valence-corrected chi connectivity index (χ3v) is 2.81. The minimum atomic E-state index is -1.02. The summed E-state index contributed by atoms with van der Waals surface area (Å²) in [5.74, 6) is -1.02. The molecule has 0 aliphatic rings. The second-order valence-corrected chi connectivity index (χ2v) is 4.14. The summed E-state index contributed by atoms with van der Waals surface area (Å²) in [5, 5.41) is 8.96. The molecule has 0 bridgehead atoms. The van der Waals surface area contributed by atoms with Gasteiger partial charge in [0.2, 0.25) is 0 Å². The van der Waals surface area contributed by atoms with Gasteiger partial charge in [-0.05, 0) is 25.1 Å². The number of methoxy groups -OCH3 is 1. The van der Waals surface area contributed by atoms with Gasteiger partial charge in [-0.25, -0.2) is 9.59 Å². The summed E-state index contributed by atoms with van der Waals surface area (Å²) in [5.41, 5.74) is 1.08. The molecule has 0 aliphatic carbocycles. The molecule has 0 radical (unpaired) electrons. The van der Waals surface area contributed by atoms with Crippen molar-refractivity contribution in [2.24, 2.45) is 0 Å². The van der Waals surface area contributed by atoms with Crippen LogP contribution in [0.1, 0.15) is 23.3 Å². The molecule has 2 aromatic rings. The van der Waals surface area contributed by atoms with Crippen LogP contribution < -0.4 is 5.69 Å². The maximum atomic E-state index is 11.8. The SMILES string of the molecule is COCC(C)n1c(=O)[nH]c2ccc(C(=O)O)cc21. The lowest BCUT2D eigenvalue weighted by molar-refractivity contribution is 0.0697. The molecule has 0 fully saturated rings. The Balaban J connectivity index is 2.64. The van der Waals surface area contributed by atoms with E-state index in [0.717, 1.165) is 0 Å². The van der Waals surface area contributed by atoms with Crippen molar-refractivity contribution in [1.29, 1.82) is 0 Å². The molecule has 1 aromatic heterocycles. The van der Waals surface area contributed by atoms with E-state index < -0.39 is 5.97 Å². The van der Waals surface area contributed by atoms with Crippen molar-refractivity contribution in [1.82, 2.24) is 9.55 Å². The molecule has 6 heteroatoms. The number of ether oxygens (including phenoxy) is 1. The number of rotatable bonds is 4. The normalized spacial score (nSPS) is 12.8. The van der Waals surface area contributed by atoms with Gasteiger partial charge in [-0.15, -0.1) is 0 Å². The average Bonchev–Trinajstić information content (AvgIpc) is 2.63. The van der Waals surface area contributed by atoms with Crippen LogP contribution in [0.3, 0.4) is 0 Å². The van der Waals surface area contributed by atoms with Crippen LogP contribution in [0.15, 0.2) is 23.0 Å². The topological polar surface area (TPSA) is 84.3 Å². The number of hydrogen-bond donors (Lipinski definition) is 2. The van der Waals surface area contributed by atoms with Crippen LogP contribution in [-0.4, -0.2) is 34.3 Å². The summed E-state index contributed by atoms with van der Waals surface area (Å²) in [4.78, 5) is 25.5. The van der Waals surface area contributed by atoms with Crippen LogP contribution in [0.4, 0.5) is 0 Å². The molecule has 1 unspecified atom stereocenters. The molecule has 96 valence electrons. The number of H-pyrrole nitrogens is 1. The Hall–Kier alpha value is -2.08. The van der Waals surface area contributed by atoms with E-state index in [0.29, 0.717) is 17.6 Å². The largest absolute Gasteiger partial charge is 0.478 e. The zero-order valence-corrected chi connectivity index (χ0v) is 10.1. The maximum Gasteiger partial charge on any atom is 0.335 e. The number of carboxylic acids is 1. The van der Waals surface area contributed by atoms with Crippen LogP contribution in [0.2, 0.25) is 0 Å². The van der Waals surface area contributed by atoms with Gasteiger partial charge in [0.1, 0.15) is 0 Å². The molecule has 1 aromatic carbocycles. The van der Waals surface area contributed by atoms with E-state index in [1.807, 2.05) is 6.92 Å². The second kappa shape index (κ2) is 4.66. The van der Waals surface area contributed by atoms with Gasteiger partial charge in [0.05, 0.1) is 29.2 Å². The Labute approximate surface area is 103 Å². The highest BCUT2D eigenvalue weighted by Crippen LogP contribution is 2.17. The van der Waals surface area contributed by atoms with Crippen molar-refractivity contribution < 1.29 is 14.6 Å². The van der Waals surface area contributed by atoms with Gasteiger partial charge in [0.15, 0.2) is 0 Å². The van der Waals surface area contributed by atoms with Crippen LogP contribution in [-0.2, 0) is 4.74 Å². The highest BCUT2D eigenvalue weighted by molar-refractivity contribution is 5.92. The van der Waals surface area contributed by atoms with Crippen molar-refractivity contribution in [2.75, 3.05) is 13.7 Å². The molecule has 2 rings (SSSR count). The molecular formula is C12H14N2O4. The van der Waals surface area contributed by atoms with Crippen molar-refractivity contribution in [3.05, 3.63) is 34.2 Å². The van der Waals surface area contributed by atoms with Gasteiger partial charge in [-0.3, -0.25) is 4.57 Å². The minimum absolute atomic E-state index is 0.153. The number of aromatic carboxylic acids is 1. The molecule has 0 saturated heterocycles. The van der Waals surface area contributed by atoms with Crippen LogP contribution in [0, 0.1) is 0 Å². The number of hydrogen-bond acceptors (Lipinski definition) is 3. The summed E-state index contributed by atoms with van der Waals surface area (Å²) < 4.78 is 6.52. The summed E-state index contributed by atoms with van der Waals surface area (Å²) in [7, 11) is 1.55. The predicted octanol–water partition coefficient (Wildman–Crippen LogP) is 1.24. The molecule has 1 atom stereocenters. The number of carbonyl (C=O) groups is 1. The maximum absolute atomic E-state index is 11.8. The summed E-state index contributed by atoms with van der Waals surface area (Å²) >= 11 is 0. The third kappa shape index (κ3) is 2.02. The highest BCUT2D eigenvalue weighted by atomic mass is 16.5. The molecule has 0 aliphatic heterocycles. The van der Waals surface area contributed by atoms with E-state index in [1.165, 1.54) is 16.7 Å². The van der Waals surface area contributed by atoms with Crippen molar-refractivity contribution >= 4 is 17.0 Å². The average molecular weight is 250 g/mol. The molecule has 0 saturated carbocycles. The van der Waals surface area contributed by atoms with Crippen molar-refractivity contribution in [3.8, 4) is 0 Å². The van der Waals surface area contributed by atoms with Gasteiger partial charge >= 0.3 is 11.7 Å². The van der Waals surface area contributed by atoms with Gasteiger partial charge in [0, 0.05) is 7.11 Å². The summed E-state index contributed by atoms with van der Waals surface area (Å²) in [6.07, 6.45) is 0. The number of nitrogens with zero attached hydrogens (tertiary/aromatic N) is 1. The van der Waals surface area contributed by atoms with Crippen LogP contribution >= 0.6 is 0 Å². The van der Waals surface area contributed by atoms with Gasteiger partial charge in [-0.2, -0.15) is 0 Å². The molecule has 1 heterocycles. The first-order valence-electron chi connectivity index (χ1n) is 5.51. The van der Waals surface area contributed by atoms with E-state index in [4.69, 9.17) is 9.84 Å². The highest BCUT2D eigenvalue weighted by Gasteiger charge is 2.14. The van der Waals surface area contributed by atoms with E-state index in [1.54, 1.807) is 13.2 Å². The Morgan fingerprint density at radius 3 is 2.89 bits per heavy atom. The van der Waals surface area contributed by atoms with Gasteiger partial charge in [-0.1, -0.05) is 0 Å². The number of carboxylic acid groups (broad SMARTS) is 1. The van der Waals surface area contributed by atoms with Gasteiger partial charge in [0.25, 0.3) is 0 Å². The monoisotopic (exact) mass is 250 g/mol. The number of aromatic amines is 1. The fourth-order valence-corrected chi connectivity index (χ4v) is 2.01. The first-order chi connectivity index (χ1) is 8.54. The first-order valence-corrected chi connectivity index (χ1v) is 5.51. The fourth-order valence-electron chi connectivity index (χ4n) is 2.01. The molecule has 18 heavy (non-hydrogen) atoms. The number of fused-ring (bicyclic) bond motifs is 1. The van der Waals surface area contributed by atoms with Crippen molar-refractivity contribution in [3.63, 3.8) is 0 Å². The second-order valence-electron chi connectivity index (χ2n) is 4.14. The van der Waals surface area contributed by atoms with Gasteiger partial charge < -0.3 is 14.8 Å². The zero-order chi connectivity index (χ0) is 13.3. The molecule has 2 N–H and O–H groups in total. The summed E-state index contributed by atoms with van der Waals surface area (Å²) in [6, 6.07) is 4.38. The Morgan fingerprint density at radius 1 is 1.56 bits per heavy atom. The number of imidazole rings is 1. The van der Waals surface area contributed by atoms with E-state index >= 15 is 0 Å². The van der Waals surface area contributed by atoms with Crippen LogP contribution in [0.25, 0.3) is 11.0 Å². The Bertz CT molecular complexity index is 641. The third-order valence-electron chi connectivity index (χ3n) is 2.81. The quantitative estimate of drug-likeness (QED) is 0.854. The first kappa shape index (κ1) is 12.4. The lowest BCUT2D eigenvalue weighted by Crippen LogP contribution is -2.23. The number of benzene rings is 1. The minimum Gasteiger partial charge on any atom is -0.478 e. The Kier molecular flexibility index (Phi) is 3.20. The fraction of sp³-hybridized carbons (Fsp3) is 0.333. The van der Waals surface area contributed by atoms with Crippen molar-refractivity contribution in [2.45, 2.75) is 13.0 Å². The molecule has 6 nitrogen and oxygen atoms in total. The molecule has 0 spiro atoms. The number of nitrogens with one attached hydrogen (secondary N) is 1. The lowest BCUT2D eigenvalue weighted by atomic mass is 10.2. The van der Waals surface area contributed by atoms with E-state index in [9.17, 15) is 9.59 Å². The molecular weight excluding hydrogens is 236 g/mol. The zero-order valence-electron chi connectivity index (χ0n) is 10.1. The van der Waals surface area contributed by atoms with E-state index in [-0.39, 0.29) is 17.3 Å². The summed E-state index contributed by atoms with van der Waals surface area (Å²) in [6.45, 7) is 2.22. The smallest absolute Gasteiger partial charge is 0.335 e. The lowest BCUT2D eigenvalue weighted by Gasteiger charge is -2.12. The predicted molar refractivity (Wildman–Crippen MR) is 66.1 cm³/mol. The van der Waals surface area contributed by atoms with Crippen LogP contribution in [0.5, 0.6) is 0 Å². The standard InChI is InChI=1S/C12H14N2O4/c1-7(6-18-2)14-10-5-8(11(15)16)3-4-9(10)13-12(14)17/h3-5,7H,6H2,1-2H3,(H,13,17)(H,15,16). The molecule has 0 amide bonds. The number of aromatic nitrogens is 2.